The van der Waals surface area contributed by atoms with Gasteiger partial charge in [-0.25, -0.2) is 0 Å². The van der Waals surface area contributed by atoms with Crippen molar-refractivity contribution in [2.45, 2.75) is 12.8 Å². The average molecular weight is 406 g/mol. The van der Waals surface area contributed by atoms with Gasteiger partial charge in [0, 0.05) is 26.6 Å². The van der Waals surface area contributed by atoms with Crippen LogP contribution in [0.15, 0.2) is 48.5 Å². The van der Waals surface area contributed by atoms with Gasteiger partial charge in [-0.15, -0.1) is 12.4 Å². The van der Waals surface area contributed by atoms with Crippen LogP contribution in [0.4, 0.5) is 5.69 Å². The zero-order valence-corrected chi connectivity index (χ0v) is 17.3. The fourth-order valence-electron chi connectivity index (χ4n) is 2.70. The summed E-state index contributed by atoms with van der Waals surface area (Å²) in [5.74, 6) is 0.581. The molecule has 28 heavy (non-hydrogen) atoms. The molecule has 0 bridgehead atoms. The Labute approximate surface area is 172 Å². The number of carbonyl (C=O) groups is 2. The van der Waals surface area contributed by atoms with E-state index in [9.17, 15) is 9.59 Å². The topological polar surface area (TPSA) is 70.7 Å². The van der Waals surface area contributed by atoms with Crippen molar-refractivity contribution in [2.75, 3.05) is 39.2 Å². The Kier molecular flexibility index (Phi) is 10.1. The number of carbonyl (C=O) groups excluding carboxylic acids is 2. The van der Waals surface area contributed by atoms with Crippen molar-refractivity contribution in [1.29, 1.82) is 0 Å². The number of amides is 2. The highest BCUT2D eigenvalue weighted by Gasteiger charge is 2.17. The van der Waals surface area contributed by atoms with Crippen molar-refractivity contribution in [2.24, 2.45) is 0 Å². The third kappa shape index (κ3) is 6.55. The molecule has 0 aliphatic carbocycles. The summed E-state index contributed by atoms with van der Waals surface area (Å²) in [6.45, 7) is 1.11. The van der Waals surface area contributed by atoms with Gasteiger partial charge in [-0.05, 0) is 43.3 Å². The highest BCUT2D eigenvalue weighted by Crippen LogP contribution is 2.20. The van der Waals surface area contributed by atoms with Gasteiger partial charge in [0.05, 0.1) is 18.4 Å². The molecule has 0 spiro atoms. The van der Waals surface area contributed by atoms with Gasteiger partial charge in [-0.3, -0.25) is 9.59 Å². The molecule has 0 atom stereocenters. The largest absolute Gasteiger partial charge is 0.497 e. The molecule has 2 aromatic rings. The summed E-state index contributed by atoms with van der Waals surface area (Å²) in [5.41, 5.74) is 2.22. The smallest absolute Gasteiger partial charge is 0.253 e. The van der Waals surface area contributed by atoms with Gasteiger partial charge in [0.1, 0.15) is 5.75 Å². The molecule has 0 unspecified atom stereocenters. The average Bonchev–Trinajstić information content (AvgIpc) is 2.71. The molecule has 0 aliphatic rings. The molecule has 0 radical (unpaired) electrons. The quantitative estimate of drug-likeness (QED) is 0.672. The number of anilines is 1. The van der Waals surface area contributed by atoms with Gasteiger partial charge in [-0.2, -0.15) is 0 Å². The number of ether oxygens (including phenoxy) is 1. The number of nitrogens with one attached hydrogen (secondary N) is 2. The first-order chi connectivity index (χ1) is 13.1. The van der Waals surface area contributed by atoms with E-state index in [0.717, 1.165) is 17.7 Å². The number of halogens is 1. The molecule has 6 nitrogen and oxygen atoms in total. The highest BCUT2D eigenvalue weighted by atomic mass is 35.5. The fourth-order valence-corrected chi connectivity index (χ4v) is 2.70. The maximum absolute atomic E-state index is 12.6. The SMILES string of the molecule is CNCCC(=O)N(C)c1ccccc1C(=O)NCCc1ccc(OC)cc1.Cl. The number of benzene rings is 2. The maximum atomic E-state index is 12.6. The lowest BCUT2D eigenvalue weighted by atomic mass is 10.1. The standard InChI is InChI=1S/C21H27N3O3.ClH/c1-22-14-13-20(25)24(2)19-7-5-4-6-18(19)21(26)23-15-12-16-8-10-17(27-3)11-9-16;/h4-11,22H,12-15H2,1-3H3,(H,23,26);1H. The first-order valence-corrected chi connectivity index (χ1v) is 8.98. The number of para-hydroxylation sites is 1. The third-order valence-corrected chi connectivity index (χ3v) is 4.33. The lowest BCUT2D eigenvalue weighted by Crippen LogP contribution is -2.32. The van der Waals surface area contributed by atoms with Gasteiger partial charge >= 0.3 is 0 Å². The Morgan fingerprint density at radius 2 is 1.71 bits per heavy atom. The van der Waals surface area contributed by atoms with E-state index < -0.39 is 0 Å². The Hall–Kier alpha value is -2.57. The van der Waals surface area contributed by atoms with Crippen LogP contribution in [0.2, 0.25) is 0 Å². The van der Waals surface area contributed by atoms with E-state index in [1.54, 1.807) is 39.4 Å². The maximum Gasteiger partial charge on any atom is 0.253 e. The van der Waals surface area contributed by atoms with Crippen molar-refractivity contribution < 1.29 is 14.3 Å². The van der Waals surface area contributed by atoms with Crippen LogP contribution in [0.5, 0.6) is 5.75 Å². The van der Waals surface area contributed by atoms with Gasteiger partial charge in [0.2, 0.25) is 5.91 Å². The summed E-state index contributed by atoms with van der Waals surface area (Å²) in [5, 5.41) is 5.89. The predicted molar refractivity (Wildman–Crippen MR) is 115 cm³/mol. The van der Waals surface area contributed by atoms with Crippen LogP contribution in [-0.4, -0.2) is 46.1 Å². The zero-order chi connectivity index (χ0) is 19.6. The molecule has 0 aromatic heterocycles. The second-order valence-corrected chi connectivity index (χ2v) is 6.18. The Bertz CT molecular complexity index is 766. The van der Waals surface area contributed by atoms with Crippen molar-refractivity contribution in [3.8, 4) is 5.75 Å². The lowest BCUT2D eigenvalue weighted by molar-refractivity contribution is -0.118. The summed E-state index contributed by atoms with van der Waals surface area (Å²) in [7, 11) is 5.13. The normalized spacial score (nSPS) is 9.96. The minimum Gasteiger partial charge on any atom is -0.497 e. The van der Waals surface area contributed by atoms with Crippen LogP contribution < -0.4 is 20.3 Å². The predicted octanol–water partition coefficient (Wildman–Crippen LogP) is 2.66. The summed E-state index contributed by atoms with van der Waals surface area (Å²) < 4.78 is 5.14. The number of methoxy groups -OCH3 is 1. The highest BCUT2D eigenvalue weighted by molar-refractivity contribution is 6.04. The van der Waals surface area contributed by atoms with Crippen molar-refractivity contribution in [1.82, 2.24) is 10.6 Å². The molecule has 152 valence electrons. The van der Waals surface area contributed by atoms with Crippen LogP contribution in [0.25, 0.3) is 0 Å². The van der Waals surface area contributed by atoms with E-state index in [4.69, 9.17) is 4.74 Å². The number of hydrogen-bond donors (Lipinski definition) is 2. The van der Waals surface area contributed by atoms with Gasteiger partial charge in [0.25, 0.3) is 5.91 Å². The second kappa shape index (κ2) is 12.0. The third-order valence-electron chi connectivity index (χ3n) is 4.33. The molecule has 0 heterocycles. The molecule has 2 rings (SSSR count). The van der Waals surface area contributed by atoms with E-state index in [-0.39, 0.29) is 24.2 Å². The molecule has 2 amide bonds. The lowest BCUT2D eigenvalue weighted by Gasteiger charge is -2.20. The minimum atomic E-state index is -0.188. The molecule has 2 aromatic carbocycles. The summed E-state index contributed by atoms with van der Waals surface area (Å²) in [6, 6.07) is 14.9. The molecule has 7 heteroatoms. The number of nitrogens with zero attached hydrogens (tertiary/aromatic N) is 1. The van der Waals surface area contributed by atoms with E-state index in [2.05, 4.69) is 10.6 Å². The first-order valence-electron chi connectivity index (χ1n) is 8.98. The van der Waals surface area contributed by atoms with Gasteiger partial charge in [0.15, 0.2) is 0 Å². The van der Waals surface area contributed by atoms with Gasteiger partial charge < -0.3 is 20.3 Å². The summed E-state index contributed by atoms with van der Waals surface area (Å²) in [6.07, 6.45) is 1.09. The summed E-state index contributed by atoms with van der Waals surface area (Å²) >= 11 is 0. The Morgan fingerprint density at radius 1 is 1.04 bits per heavy atom. The molecule has 0 saturated heterocycles. The summed E-state index contributed by atoms with van der Waals surface area (Å²) in [4.78, 5) is 26.4. The van der Waals surface area contributed by atoms with Gasteiger partial charge in [-0.1, -0.05) is 24.3 Å². The van der Waals surface area contributed by atoms with Crippen LogP contribution in [0, 0.1) is 0 Å². The van der Waals surface area contributed by atoms with Crippen LogP contribution in [0.1, 0.15) is 22.3 Å². The van der Waals surface area contributed by atoms with E-state index >= 15 is 0 Å². The van der Waals surface area contributed by atoms with Crippen LogP contribution >= 0.6 is 12.4 Å². The van der Waals surface area contributed by atoms with Crippen molar-refractivity contribution in [3.63, 3.8) is 0 Å². The number of rotatable bonds is 9. The molecular formula is C21H28ClN3O3. The molecule has 2 N–H and O–H groups in total. The fraction of sp³-hybridized carbons (Fsp3) is 0.333. The van der Waals surface area contributed by atoms with Crippen LogP contribution in [-0.2, 0) is 11.2 Å². The van der Waals surface area contributed by atoms with Crippen molar-refractivity contribution in [3.05, 3.63) is 59.7 Å². The first kappa shape index (κ1) is 23.5. The Morgan fingerprint density at radius 3 is 2.36 bits per heavy atom. The minimum absolute atomic E-state index is 0. The van der Waals surface area contributed by atoms with E-state index in [0.29, 0.717) is 30.8 Å². The Balaban J connectivity index is 0.00000392. The van der Waals surface area contributed by atoms with Crippen molar-refractivity contribution >= 4 is 29.9 Å². The van der Waals surface area contributed by atoms with E-state index in [1.165, 1.54) is 4.90 Å². The molecule has 0 fully saturated rings. The molecular weight excluding hydrogens is 378 g/mol. The van der Waals surface area contributed by atoms with E-state index in [1.807, 2.05) is 30.3 Å². The monoisotopic (exact) mass is 405 g/mol. The molecule has 0 aliphatic heterocycles. The second-order valence-electron chi connectivity index (χ2n) is 6.18. The number of hydrogen-bond acceptors (Lipinski definition) is 4. The zero-order valence-electron chi connectivity index (χ0n) is 16.5. The molecule has 0 saturated carbocycles. The van der Waals surface area contributed by atoms with Crippen LogP contribution in [0.3, 0.4) is 0 Å².